The third-order valence-electron chi connectivity index (χ3n) is 4.77. The van der Waals surface area contributed by atoms with Gasteiger partial charge in [-0.05, 0) is 12.1 Å². The van der Waals surface area contributed by atoms with E-state index in [0.29, 0.717) is 16.8 Å². The van der Waals surface area contributed by atoms with Crippen molar-refractivity contribution >= 4 is 23.5 Å². The van der Waals surface area contributed by atoms with Crippen molar-refractivity contribution in [2.75, 3.05) is 16.9 Å². The van der Waals surface area contributed by atoms with Gasteiger partial charge in [-0.15, -0.1) is 10.2 Å². The van der Waals surface area contributed by atoms with Crippen LogP contribution >= 0.6 is 11.8 Å². The summed E-state index contributed by atoms with van der Waals surface area (Å²) < 4.78 is 3.15. The van der Waals surface area contributed by atoms with Gasteiger partial charge in [-0.3, -0.25) is 4.79 Å². The summed E-state index contributed by atoms with van der Waals surface area (Å²) in [6.07, 6.45) is 0. The van der Waals surface area contributed by atoms with Gasteiger partial charge in [0.05, 0.1) is 17.1 Å². The van der Waals surface area contributed by atoms with Gasteiger partial charge in [-0.2, -0.15) is 5.10 Å². The number of carbonyl (C=O) groups is 1. The van der Waals surface area contributed by atoms with Crippen LogP contribution < -0.4 is 11.2 Å². The van der Waals surface area contributed by atoms with E-state index in [1.54, 1.807) is 4.68 Å². The SMILES string of the molecule is CC(C)(C)c1cc(NC(=O)CSc2nnc(-c3ccccc3)n2N)n(-c2ccccc2)n1. The maximum atomic E-state index is 12.7. The predicted molar refractivity (Wildman–Crippen MR) is 127 cm³/mol. The minimum absolute atomic E-state index is 0.134. The molecule has 0 atom stereocenters. The molecule has 0 aliphatic carbocycles. The molecular weight excluding hydrogens is 422 g/mol. The monoisotopic (exact) mass is 447 g/mol. The van der Waals surface area contributed by atoms with E-state index < -0.39 is 0 Å². The zero-order chi connectivity index (χ0) is 22.7. The fourth-order valence-corrected chi connectivity index (χ4v) is 3.73. The molecule has 32 heavy (non-hydrogen) atoms. The summed E-state index contributed by atoms with van der Waals surface area (Å²) in [7, 11) is 0. The van der Waals surface area contributed by atoms with Crippen LogP contribution in [0.3, 0.4) is 0 Å². The van der Waals surface area contributed by atoms with Crippen molar-refractivity contribution in [2.45, 2.75) is 31.3 Å². The Morgan fingerprint density at radius 1 is 1.03 bits per heavy atom. The molecule has 0 radical (unpaired) electrons. The van der Waals surface area contributed by atoms with Crippen molar-refractivity contribution < 1.29 is 4.79 Å². The number of nitrogens with two attached hydrogens (primary N) is 1. The molecule has 0 unspecified atom stereocenters. The van der Waals surface area contributed by atoms with Crippen molar-refractivity contribution in [3.8, 4) is 17.1 Å². The zero-order valence-corrected chi connectivity index (χ0v) is 19.0. The second-order valence-corrected chi connectivity index (χ2v) is 9.23. The Bertz CT molecular complexity index is 1210. The minimum Gasteiger partial charge on any atom is -0.335 e. The molecule has 0 aliphatic rings. The number of nitrogens with zero attached hydrogens (tertiary/aromatic N) is 5. The van der Waals surface area contributed by atoms with E-state index in [1.165, 1.54) is 16.4 Å². The van der Waals surface area contributed by atoms with Crippen molar-refractivity contribution in [2.24, 2.45) is 0 Å². The predicted octanol–water partition coefficient (Wildman–Crippen LogP) is 3.87. The molecule has 2 aromatic carbocycles. The summed E-state index contributed by atoms with van der Waals surface area (Å²) in [6.45, 7) is 6.26. The average Bonchev–Trinajstić information content (AvgIpc) is 3.37. The topological polar surface area (TPSA) is 104 Å². The highest BCUT2D eigenvalue weighted by atomic mass is 32.2. The second kappa shape index (κ2) is 8.88. The number of nitrogens with one attached hydrogen (secondary N) is 1. The number of para-hydroxylation sites is 1. The van der Waals surface area contributed by atoms with E-state index in [4.69, 9.17) is 10.9 Å². The van der Waals surface area contributed by atoms with Gasteiger partial charge >= 0.3 is 0 Å². The van der Waals surface area contributed by atoms with Crippen molar-refractivity contribution in [1.29, 1.82) is 0 Å². The third kappa shape index (κ3) is 4.67. The molecule has 4 aromatic rings. The van der Waals surface area contributed by atoms with Gasteiger partial charge in [0.25, 0.3) is 0 Å². The number of aromatic nitrogens is 5. The van der Waals surface area contributed by atoms with E-state index in [1.807, 2.05) is 66.7 Å². The van der Waals surface area contributed by atoms with Crippen LogP contribution in [-0.2, 0) is 10.2 Å². The largest absolute Gasteiger partial charge is 0.335 e. The van der Waals surface area contributed by atoms with Crippen LogP contribution in [0.1, 0.15) is 26.5 Å². The molecule has 0 fully saturated rings. The molecular formula is C23H25N7OS. The quantitative estimate of drug-likeness (QED) is 0.343. The molecule has 0 saturated carbocycles. The van der Waals surface area contributed by atoms with Gasteiger partial charge in [0, 0.05) is 17.0 Å². The molecule has 4 rings (SSSR count). The van der Waals surface area contributed by atoms with Gasteiger partial charge in [0.2, 0.25) is 11.1 Å². The van der Waals surface area contributed by atoms with Crippen LogP contribution in [0.5, 0.6) is 0 Å². The lowest BCUT2D eigenvalue weighted by atomic mass is 9.92. The lowest BCUT2D eigenvalue weighted by molar-refractivity contribution is -0.113. The van der Waals surface area contributed by atoms with Crippen molar-refractivity contribution in [3.63, 3.8) is 0 Å². The lowest BCUT2D eigenvalue weighted by Crippen LogP contribution is -2.18. The number of benzene rings is 2. The van der Waals surface area contributed by atoms with Crippen molar-refractivity contribution in [3.05, 3.63) is 72.4 Å². The molecule has 2 aromatic heterocycles. The molecule has 1 amide bonds. The number of amides is 1. The van der Waals surface area contributed by atoms with Crippen molar-refractivity contribution in [1.82, 2.24) is 24.7 Å². The van der Waals surface area contributed by atoms with Crippen LogP contribution in [0.4, 0.5) is 5.82 Å². The smallest absolute Gasteiger partial charge is 0.236 e. The molecule has 2 heterocycles. The Labute approximate surface area is 190 Å². The number of anilines is 1. The summed E-state index contributed by atoms with van der Waals surface area (Å²) in [5.41, 5.74) is 2.47. The molecule has 0 bridgehead atoms. The molecule has 0 spiro atoms. The molecule has 0 aliphatic heterocycles. The van der Waals surface area contributed by atoms with Gasteiger partial charge < -0.3 is 11.2 Å². The van der Waals surface area contributed by atoms with E-state index in [2.05, 4.69) is 36.3 Å². The molecule has 3 N–H and O–H groups in total. The maximum Gasteiger partial charge on any atom is 0.236 e. The Kier molecular flexibility index (Phi) is 6.00. The number of thioether (sulfide) groups is 1. The normalized spacial score (nSPS) is 11.5. The average molecular weight is 448 g/mol. The van der Waals surface area contributed by atoms with Crippen LogP contribution in [-0.4, -0.2) is 36.3 Å². The Balaban J connectivity index is 1.49. The Morgan fingerprint density at radius 2 is 1.69 bits per heavy atom. The van der Waals surface area contributed by atoms with Crippen LogP contribution in [0.25, 0.3) is 17.1 Å². The zero-order valence-electron chi connectivity index (χ0n) is 18.2. The highest BCUT2D eigenvalue weighted by Gasteiger charge is 2.22. The van der Waals surface area contributed by atoms with E-state index in [-0.39, 0.29) is 17.1 Å². The molecule has 0 saturated heterocycles. The van der Waals surface area contributed by atoms with Gasteiger partial charge in [-0.25, -0.2) is 9.36 Å². The summed E-state index contributed by atoms with van der Waals surface area (Å²) in [6, 6.07) is 21.2. The number of rotatable bonds is 6. The van der Waals surface area contributed by atoms with E-state index >= 15 is 0 Å². The van der Waals surface area contributed by atoms with E-state index in [0.717, 1.165) is 16.9 Å². The van der Waals surface area contributed by atoms with Gasteiger partial charge in [-0.1, -0.05) is 81.1 Å². The second-order valence-electron chi connectivity index (χ2n) is 8.29. The van der Waals surface area contributed by atoms with Crippen LogP contribution in [0.15, 0.2) is 71.9 Å². The first-order valence-electron chi connectivity index (χ1n) is 10.2. The van der Waals surface area contributed by atoms with Crippen LogP contribution in [0, 0.1) is 0 Å². The first kappa shape index (κ1) is 21.6. The number of hydrogen-bond acceptors (Lipinski definition) is 6. The van der Waals surface area contributed by atoms with Crippen LogP contribution in [0.2, 0.25) is 0 Å². The summed E-state index contributed by atoms with van der Waals surface area (Å²) >= 11 is 1.23. The fraction of sp³-hybridized carbons (Fsp3) is 0.217. The number of hydrogen-bond donors (Lipinski definition) is 2. The molecule has 9 heteroatoms. The lowest BCUT2D eigenvalue weighted by Gasteiger charge is -2.14. The standard InChI is InChI=1S/C23H25N7OS/c1-23(2,3)18-14-19(30(28-18)17-12-8-5-9-13-17)25-20(31)15-32-22-27-26-21(29(22)24)16-10-6-4-7-11-16/h4-14H,15,24H2,1-3H3,(H,25,31). The van der Waals surface area contributed by atoms with Gasteiger partial charge in [0.1, 0.15) is 5.82 Å². The Morgan fingerprint density at radius 3 is 2.34 bits per heavy atom. The highest BCUT2D eigenvalue weighted by Crippen LogP contribution is 2.27. The molecule has 8 nitrogen and oxygen atoms in total. The minimum atomic E-state index is -0.184. The Hall–Kier alpha value is -3.59. The number of nitrogen functional groups attached to an aromatic ring is 1. The van der Waals surface area contributed by atoms with E-state index in [9.17, 15) is 4.79 Å². The fourth-order valence-electron chi connectivity index (χ4n) is 3.07. The molecule has 164 valence electrons. The summed E-state index contributed by atoms with van der Waals surface area (Å²) in [5, 5.41) is 16.4. The number of carbonyl (C=O) groups excluding carboxylic acids is 1. The maximum absolute atomic E-state index is 12.7. The highest BCUT2D eigenvalue weighted by molar-refractivity contribution is 7.99. The van der Waals surface area contributed by atoms with Gasteiger partial charge in [0.15, 0.2) is 5.82 Å². The third-order valence-corrected chi connectivity index (χ3v) is 5.72. The summed E-state index contributed by atoms with van der Waals surface area (Å²) in [5.74, 6) is 7.26. The first-order chi connectivity index (χ1) is 15.3. The summed E-state index contributed by atoms with van der Waals surface area (Å²) in [4.78, 5) is 12.7. The first-order valence-corrected chi connectivity index (χ1v) is 11.2.